The number of nitrogens with zero attached hydrogens (tertiary/aromatic N) is 1. The zero-order chi connectivity index (χ0) is 14.9. The van der Waals surface area contributed by atoms with Gasteiger partial charge in [0, 0.05) is 5.56 Å². The van der Waals surface area contributed by atoms with E-state index in [0.29, 0.717) is 0 Å². The topological polar surface area (TPSA) is 38.7 Å². The van der Waals surface area contributed by atoms with Crippen LogP contribution in [0.5, 0.6) is 5.75 Å². The number of aryl methyl sites for hydroxylation is 1. The van der Waals surface area contributed by atoms with Gasteiger partial charge in [-0.05, 0) is 71.6 Å². The van der Waals surface area contributed by atoms with Gasteiger partial charge in [0.1, 0.15) is 11.3 Å². The molecule has 1 saturated carbocycles. The highest BCUT2D eigenvalue weighted by atomic mass is 79.9. The van der Waals surface area contributed by atoms with E-state index in [9.17, 15) is 4.79 Å². The SMILES string of the molecule is COc1c(Br)cc2c(c1C1(N=C=O)CCCC1)CCCC2. The van der Waals surface area contributed by atoms with Crippen molar-refractivity contribution < 1.29 is 9.53 Å². The van der Waals surface area contributed by atoms with Crippen molar-refractivity contribution in [2.75, 3.05) is 7.11 Å². The molecule has 0 aromatic heterocycles. The Morgan fingerprint density at radius 1 is 1.24 bits per heavy atom. The lowest BCUT2D eigenvalue weighted by Gasteiger charge is -2.31. The molecule has 0 saturated heterocycles. The van der Waals surface area contributed by atoms with E-state index in [4.69, 9.17) is 4.74 Å². The highest BCUT2D eigenvalue weighted by molar-refractivity contribution is 9.10. The zero-order valence-corrected chi connectivity index (χ0v) is 14.0. The van der Waals surface area contributed by atoms with Crippen LogP contribution in [0.15, 0.2) is 15.5 Å². The highest BCUT2D eigenvalue weighted by Crippen LogP contribution is 2.51. The van der Waals surface area contributed by atoms with Crippen molar-refractivity contribution in [2.24, 2.45) is 4.99 Å². The first-order valence-electron chi connectivity index (χ1n) is 7.69. The predicted molar refractivity (Wildman–Crippen MR) is 85.6 cm³/mol. The smallest absolute Gasteiger partial charge is 0.235 e. The molecule has 21 heavy (non-hydrogen) atoms. The van der Waals surface area contributed by atoms with Gasteiger partial charge < -0.3 is 4.74 Å². The fourth-order valence-corrected chi connectivity index (χ4v) is 4.64. The summed E-state index contributed by atoms with van der Waals surface area (Å²) >= 11 is 3.64. The molecular formula is C17H20BrNO2. The Balaban J connectivity index is 2.28. The van der Waals surface area contributed by atoms with Crippen molar-refractivity contribution in [3.8, 4) is 5.75 Å². The van der Waals surface area contributed by atoms with Gasteiger partial charge in [0.05, 0.1) is 11.6 Å². The molecule has 1 aromatic carbocycles. The summed E-state index contributed by atoms with van der Waals surface area (Å²) < 4.78 is 6.67. The van der Waals surface area contributed by atoms with Crippen LogP contribution < -0.4 is 4.74 Å². The third kappa shape index (κ3) is 2.45. The number of rotatable bonds is 3. The molecule has 1 fully saturated rings. The molecule has 0 heterocycles. The van der Waals surface area contributed by atoms with Gasteiger partial charge in [-0.15, -0.1) is 0 Å². The van der Waals surface area contributed by atoms with Crippen LogP contribution in [0.4, 0.5) is 0 Å². The Kier molecular flexibility index (Phi) is 4.19. The van der Waals surface area contributed by atoms with Crippen molar-refractivity contribution >= 4 is 22.0 Å². The maximum atomic E-state index is 11.0. The third-order valence-electron chi connectivity index (χ3n) is 4.92. The number of methoxy groups -OCH3 is 1. The number of hydrogen-bond donors (Lipinski definition) is 0. The van der Waals surface area contributed by atoms with Gasteiger partial charge in [0.25, 0.3) is 0 Å². The van der Waals surface area contributed by atoms with E-state index in [1.165, 1.54) is 24.0 Å². The van der Waals surface area contributed by atoms with E-state index in [1.54, 1.807) is 7.11 Å². The number of ether oxygens (including phenoxy) is 1. The summed E-state index contributed by atoms with van der Waals surface area (Å²) in [6, 6.07) is 2.18. The molecule has 0 N–H and O–H groups in total. The molecule has 0 bridgehead atoms. The summed E-state index contributed by atoms with van der Waals surface area (Å²) in [5.74, 6) is 0.858. The minimum atomic E-state index is -0.418. The molecule has 0 amide bonds. The van der Waals surface area contributed by atoms with Gasteiger partial charge in [-0.3, -0.25) is 0 Å². The second-order valence-electron chi connectivity index (χ2n) is 6.05. The Morgan fingerprint density at radius 3 is 2.62 bits per heavy atom. The largest absolute Gasteiger partial charge is 0.495 e. The normalized spacial score (nSPS) is 19.7. The van der Waals surface area contributed by atoms with Gasteiger partial charge in [-0.25, -0.2) is 4.79 Å². The molecule has 3 nitrogen and oxygen atoms in total. The van der Waals surface area contributed by atoms with Crippen LogP contribution in [0, 0.1) is 0 Å². The number of fused-ring (bicyclic) bond motifs is 1. The van der Waals surface area contributed by atoms with E-state index in [2.05, 4.69) is 27.0 Å². The highest BCUT2D eigenvalue weighted by Gasteiger charge is 2.41. The number of aliphatic imine (C=N–C) groups is 1. The fourth-order valence-electron chi connectivity index (χ4n) is 4.01. The van der Waals surface area contributed by atoms with E-state index >= 15 is 0 Å². The summed E-state index contributed by atoms with van der Waals surface area (Å²) in [4.78, 5) is 15.3. The molecule has 0 unspecified atom stereocenters. The van der Waals surface area contributed by atoms with Crippen LogP contribution in [0.2, 0.25) is 0 Å². The summed E-state index contributed by atoms with van der Waals surface area (Å²) in [6.45, 7) is 0. The molecule has 3 rings (SSSR count). The molecule has 0 atom stereocenters. The maximum absolute atomic E-state index is 11.0. The fraction of sp³-hybridized carbons (Fsp3) is 0.588. The lowest BCUT2D eigenvalue weighted by atomic mass is 9.78. The average molecular weight is 350 g/mol. The molecule has 1 aromatic rings. The van der Waals surface area contributed by atoms with Gasteiger partial charge in [-0.1, -0.05) is 12.8 Å². The van der Waals surface area contributed by atoms with Gasteiger partial charge in [-0.2, -0.15) is 4.99 Å². The minimum absolute atomic E-state index is 0.418. The number of isocyanates is 1. The molecule has 0 spiro atoms. The second-order valence-corrected chi connectivity index (χ2v) is 6.91. The summed E-state index contributed by atoms with van der Waals surface area (Å²) in [6.07, 6.45) is 10.5. The van der Waals surface area contributed by atoms with E-state index < -0.39 is 5.54 Å². The minimum Gasteiger partial charge on any atom is -0.495 e. The Hall–Kier alpha value is -1.12. The van der Waals surface area contributed by atoms with E-state index in [-0.39, 0.29) is 0 Å². The summed E-state index contributed by atoms with van der Waals surface area (Å²) in [7, 11) is 1.70. The van der Waals surface area contributed by atoms with Crippen LogP contribution in [0.1, 0.15) is 55.2 Å². The van der Waals surface area contributed by atoms with Crippen LogP contribution >= 0.6 is 15.9 Å². The monoisotopic (exact) mass is 349 g/mol. The molecule has 2 aliphatic rings. The number of benzene rings is 1. The van der Waals surface area contributed by atoms with Crippen molar-refractivity contribution in [1.82, 2.24) is 0 Å². The van der Waals surface area contributed by atoms with Crippen molar-refractivity contribution in [3.63, 3.8) is 0 Å². The molecule has 112 valence electrons. The molecule has 0 radical (unpaired) electrons. The summed E-state index contributed by atoms with van der Waals surface area (Å²) in [5.41, 5.74) is 3.48. The average Bonchev–Trinajstić information content (AvgIpc) is 2.95. The van der Waals surface area contributed by atoms with Crippen molar-refractivity contribution in [1.29, 1.82) is 0 Å². The summed E-state index contributed by atoms with van der Waals surface area (Å²) in [5, 5.41) is 0. The van der Waals surface area contributed by atoms with Crippen LogP contribution in [-0.2, 0) is 23.2 Å². The first kappa shape index (κ1) is 14.8. The second kappa shape index (κ2) is 5.94. The van der Waals surface area contributed by atoms with Crippen molar-refractivity contribution in [3.05, 3.63) is 27.2 Å². The number of hydrogen-bond acceptors (Lipinski definition) is 3. The molecule has 0 aliphatic heterocycles. The molecular weight excluding hydrogens is 330 g/mol. The zero-order valence-electron chi connectivity index (χ0n) is 12.4. The van der Waals surface area contributed by atoms with E-state index in [0.717, 1.165) is 54.3 Å². The quantitative estimate of drug-likeness (QED) is 0.597. The lowest BCUT2D eigenvalue weighted by Crippen LogP contribution is -2.24. The first-order chi connectivity index (χ1) is 10.2. The van der Waals surface area contributed by atoms with Gasteiger partial charge >= 0.3 is 0 Å². The van der Waals surface area contributed by atoms with Gasteiger partial charge in [0.15, 0.2) is 0 Å². The van der Waals surface area contributed by atoms with Crippen LogP contribution in [-0.4, -0.2) is 13.2 Å². The Morgan fingerprint density at radius 2 is 1.95 bits per heavy atom. The van der Waals surface area contributed by atoms with E-state index in [1.807, 2.05) is 6.08 Å². The lowest BCUT2D eigenvalue weighted by molar-refractivity contribution is 0.373. The first-order valence-corrected chi connectivity index (χ1v) is 8.49. The standard InChI is InChI=1S/C17H20BrNO2/c1-21-16-14(18)10-12-6-2-3-7-13(12)15(16)17(19-11-20)8-4-5-9-17/h10H,2-9H2,1H3. The maximum Gasteiger partial charge on any atom is 0.235 e. The van der Waals surface area contributed by atoms with Crippen LogP contribution in [0.3, 0.4) is 0 Å². The number of carbonyl (C=O) groups excluding carboxylic acids is 1. The van der Waals surface area contributed by atoms with Crippen molar-refractivity contribution in [2.45, 2.75) is 56.9 Å². The Labute approximate surface area is 133 Å². The molecule has 4 heteroatoms. The Bertz CT molecular complexity index is 599. The number of halogens is 1. The predicted octanol–water partition coefficient (Wildman–Crippen LogP) is 4.44. The van der Waals surface area contributed by atoms with Gasteiger partial charge in [0.2, 0.25) is 6.08 Å². The third-order valence-corrected chi connectivity index (χ3v) is 5.51. The molecule has 2 aliphatic carbocycles. The van der Waals surface area contributed by atoms with Crippen LogP contribution in [0.25, 0.3) is 0 Å².